The van der Waals surface area contributed by atoms with Gasteiger partial charge in [0.2, 0.25) is 5.91 Å². The standard InChI is InChI=1S/C22H27N3O4S2/c26-22(19-3-1-8-25(19)31(27,28)21-4-2-14-30-21)24-11-9-23(10-12-24)16-17-5-6-20-18(15-17)7-13-29-20/h2,4-6,14-15,19H,1,3,7-13,16H2. The summed E-state index contributed by atoms with van der Waals surface area (Å²) in [5.41, 5.74) is 2.55. The van der Waals surface area contributed by atoms with Gasteiger partial charge in [0, 0.05) is 45.7 Å². The molecule has 1 unspecified atom stereocenters. The summed E-state index contributed by atoms with van der Waals surface area (Å²) in [7, 11) is -3.60. The molecule has 2 fully saturated rings. The van der Waals surface area contributed by atoms with Crippen LogP contribution in [0.15, 0.2) is 39.9 Å². The number of hydrogen-bond donors (Lipinski definition) is 0. The molecule has 1 amide bonds. The van der Waals surface area contributed by atoms with Gasteiger partial charge in [-0.25, -0.2) is 8.42 Å². The molecule has 0 aliphatic carbocycles. The molecule has 2 saturated heterocycles. The molecule has 0 radical (unpaired) electrons. The summed E-state index contributed by atoms with van der Waals surface area (Å²) in [6.45, 7) is 4.90. The van der Waals surface area contributed by atoms with Crippen molar-refractivity contribution in [2.75, 3.05) is 39.3 Å². The molecule has 3 aliphatic heterocycles. The van der Waals surface area contributed by atoms with Crippen LogP contribution < -0.4 is 4.74 Å². The number of thiophene rings is 1. The number of carbonyl (C=O) groups excluding carboxylic acids is 1. The topological polar surface area (TPSA) is 70.2 Å². The molecular weight excluding hydrogens is 434 g/mol. The zero-order valence-electron chi connectivity index (χ0n) is 17.4. The largest absolute Gasteiger partial charge is 0.493 e. The Labute approximate surface area is 187 Å². The van der Waals surface area contributed by atoms with Crippen molar-refractivity contribution < 1.29 is 17.9 Å². The molecule has 31 heavy (non-hydrogen) atoms. The molecule has 1 aromatic heterocycles. The molecule has 1 aromatic carbocycles. The van der Waals surface area contributed by atoms with Crippen molar-refractivity contribution in [3.8, 4) is 5.75 Å². The fourth-order valence-electron chi connectivity index (χ4n) is 4.73. The summed E-state index contributed by atoms with van der Waals surface area (Å²) >= 11 is 1.21. The number of amides is 1. The Morgan fingerprint density at radius 1 is 1.13 bits per heavy atom. The first kappa shape index (κ1) is 20.9. The molecule has 9 heteroatoms. The molecule has 0 bridgehead atoms. The van der Waals surface area contributed by atoms with Crippen LogP contribution in [0.4, 0.5) is 0 Å². The third kappa shape index (κ3) is 4.11. The minimum absolute atomic E-state index is 0.0491. The van der Waals surface area contributed by atoms with Gasteiger partial charge in [-0.1, -0.05) is 18.2 Å². The van der Waals surface area contributed by atoms with E-state index in [0.29, 0.717) is 30.3 Å². The van der Waals surface area contributed by atoms with E-state index in [0.717, 1.165) is 44.8 Å². The van der Waals surface area contributed by atoms with Gasteiger partial charge in [-0.2, -0.15) is 4.31 Å². The molecule has 0 spiro atoms. The minimum Gasteiger partial charge on any atom is -0.493 e. The highest BCUT2D eigenvalue weighted by atomic mass is 32.2. The van der Waals surface area contributed by atoms with E-state index in [-0.39, 0.29) is 5.91 Å². The first-order valence-corrected chi connectivity index (χ1v) is 13.2. The fraction of sp³-hybridized carbons (Fsp3) is 0.500. The molecule has 4 heterocycles. The zero-order chi connectivity index (χ0) is 21.4. The summed E-state index contributed by atoms with van der Waals surface area (Å²) in [4.78, 5) is 17.4. The van der Waals surface area contributed by atoms with E-state index in [4.69, 9.17) is 4.74 Å². The van der Waals surface area contributed by atoms with Gasteiger partial charge >= 0.3 is 0 Å². The Balaban J connectivity index is 1.20. The number of fused-ring (bicyclic) bond motifs is 1. The first-order valence-electron chi connectivity index (χ1n) is 10.8. The number of ether oxygens (including phenoxy) is 1. The smallest absolute Gasteiger partial charge is 0.253 e. The molecule has 7 nitrogen and oxygen atoms in total. The maximum Gasteiger partial charge on any atom is 0.253 e. The Bertz CT molecular complexity index is 1050. The highest BCUT2D eigenvalue weighted by Crippen LogP contribution is 2.30. The number of benzene rings is 1. The summed E-state index contributed by atoms with van der Waals surface area (Å²) in [5.74, 6) is 0.949. The van der Waals surface area contributed by atoms with Gasteiger partial charge in [-0.15, -0.1) is 11.3 Å². The van der Waals surface area contributed by atoms with E-state index in [1.165, 1.54) is 26.8 Å². The Morgan fingerprint density at radius 3 is 2.74 bits per heavy atom. The Morgan fingerprint density at radius 2 is 1.97 bits per heavy atom. The summed E-state index contributed by atoms with van der Waals surface area (Å²) in [5, 5.41) is 1.76. The van der Waals surface area contributed by atoms with Gasteiger partial charge < -0.3 is 9.64 Å². The summed E-state index contributed by atoms with van der Waals surface area (Å²) < 4.78 is 33.3. The molecule has 0 saturated carbocycles. The number of hydrogen-bond acceptors (Lipinski definition) is 6. The van der Waals surface area contributed by atoms with Crippen molar-refractivity contribution in [2.45, 2.75) is 36.1 Å². The Kier molecular flexibility index (Phi) is 5.76. The van der Waals surface area contributed by atoms with Crippen molar-refractivity contribution in [3.63, 3.8) is 0 Å². The Hall–Kier alpha value is -1.94. The number of rotatable bonds is 5. The SMILES string of the molecule is O=C(C1CCCN1S(=O)(=O)c1cccs1)N1CCN(Cc2ccc3c(c2)CCO3)CC1. The molecule has 3 aliphatic rings. The predicted octanol–water partition coefficient (Wildman–Crippen LogP) is 2.18. The van der Waals surface area contributed by atoms with Crippen LogP contribution >= 0.6 is 11.3 Å². The maximum absolute atomic E-state index is 13.2. The van der Waals surface area contributed by atoms with Crippen molar-refractivity contribution in [3.05, 3.63) is 46.8 Å². The highest BCUT2D eigenvalue weighted by molar-refractivity contribution is 7.91. The van der Waals surface area contributed by atoms with Crippen molar-refractivity contribution in [2.24, 2.45) is 0 Å². The van der Waals surface area contributed by atoms with Crippen LogP contribution in [0.5, 0.6) is 5.75 Å². The van der Waals surface area contributed by atoms with Crippen LogP contribution in [0.1, 0.15) is 24.0 Å². The molecule has 166 valence electrons. The van der Waals surface area contributed by atoms with Crippen molar-refractivity contribution >= 4 is 27.3 Å². The van der Waals surface area contributed by atoms with Crippen LogP contribution in [-0.2, 0) is 27.8 Å². The molecule has 1 atom stereocenters. The second-order valence-corrected chi connectivity index (χ2v) is 11.4. The number of carbonyl (C=O) groups is 1. The van der Waals surface area contributed by atoms with Crippen molar-refractivity contribution in [1.82, 2.24) is 14.1 Å². The molecule has 0 N–H and O–H groups in total. The molecule has 5 rings (SSSR count). The lowest BCUT2D eigenvalue weighted by atomic mass is 10.1. The quantitative estimate of drug-likeness (QED) is 0.683. The van der Waals surface area contributed by atoms with Crippen molar-refractivity contribution in [1.29, 1.82) is 0 Å². The van der Waals surface area contributed by atoms with Crippen LogP contribution in [0.2, 0.25) is 0 Å². The number of piperazine rings is 1. The van der Waals surface area contributed by atoms with E-state index >= 15 is 0 Å². The molecular formula is C22H27N3O4S2. The van der Waals surface area contributed by atoms with E-state index < -0.39 is 16.1 Å². The van der Waals surface area contributed by atoms with Gasteiger partial charge in [0.25, 0.3) is 10.0 Å². The van der Waals surface area contributed by atoms with Gasteiger partial charge in [0.05, 0.1) is 6.61 Å². The van der Waals surface area contributed by atoms with Gasteiger partial charge in [-0.05, 0) is 41.5 Å². The highest BCUT2D eigenvalue weighted by Gasteiger charge is 2.42. The van der Waals surface area contributed by atoms with Crippen LogP contribution in [-0.4, -0.2) is 73.8 Å². The van der Waals surface area contributed by atoms with Crippen LogP contribution in [0.3, 0.4) is 0 Å². The third-order valence-corrected chi connectivity index (χ3v) is 9.67. The van der Waals surface area contributed by atoms with Gasteiger partial charge in [-0.3, -0.25) is 9.69 Å². The van der Waals surface area contributed by atoms with Crippen LogP contribution in [0.25, 0.3) is 0 Å². The number of nitrogens with zero attached hydrogens (tertiary/aromatic N) is 3. The first-order chi connectivity index (χ1) is 15.0. The lowest BCUT2D eigenvalue weighted by Crippen LogP contribution is -2.54. The summed E-state index contributed by atoms with van der Waals surface area (Å²) in [6.07, 6.45) is 2.29. The number of sulfonamides is 1. The summed E-state index contributed by atoms with van der Waals surface area (Å²) in [6, 6.07) is 9.18. The van der Waals surface area contributed by atoms with E-state index in [1.807, 2.05) is 4.90 Å². The van der Waals surface area contributed by atoms with E-state index in [9.17, 15) is 13.2 Å². The van der Waals surface area contributed by atoms with E-state index in [2.05, 4.69) is 23.1 Å². The average Bonchev–Trinajstić information content (AvgIpc) is 3.55. The predicted molar refractivity (Wildman–Crippen MR) is 119 cm³/mol. The lowest BCUT2D eigenvalue weighted by Gasteiger charge is -2.37. The van der Waals surface area contributed by atoms with E-state index in [1.54, 1.807) is 17.5 Å². The molecule has 2 aromatic rings. The monoisotopic (exact) mass is 461 g/mol. The average molecular weight is 462 g/mol. The second-order valence-electron chi connectivity index (χ2n) is 8.35. The lowest BCUT2D eigenvalue weighted by molar-refractivity contribution is -0.136. The second kappa shape index (κ2) is 8.54. The van der Waals surface area contributed by atoms with Gasteiger partial charge in [0.1, 0.15) is 16.0 Å². The third-order valence-electron chi connectivity index (χ3n) is 6.39. The maximum atomic E-state index is 13.2. The zero-order valence-corrected chi connectivity index (χ0v) is 19.0. The normalized spacial score (nSPS) is 22.5. The fourth-order valence-corrected chi connectivity index (χ4v) is 7.50. The minimum atomic E-state index is -3.60. The van der Waals surface area contributed by atoms with Gasteiger partial charge in [0.15, 0.2) is 0 Å². The van der Waals surface area contributed by atoms with Crippen LogP contribution in [0, 0.1) is 0 Å².